The van der Waals surface area contributed by atoms with Crippen molar-refractivity contribution >= 4 is 0 Å². The van der Waals surface area contributed by atoms with Crippen LogP contribution in [0, 0.1) is 0 Å². The summed E-state index contributed by atoms with van der Waals surface area (Å²) >= 11 is 0. The molecule has 0 aromatic carbocycles. The van der Waals surface area contributed by atoms with Gasteiger partial charge in [-0.2, -0.15) is 22.0 Å². The Morgan fingerprint density at radius 1 is 1.31 bits per heavy atom. The minimum atomic E-state index is -5.70. The number of hydrogen-bond donors (Lipinski definition) is 1. The van der Waals surface area contributed by atoms with E-state index in [1.165, 1.54) is 0 Å². The van der Waals surface area contributed by atoms with Gasteiger partial charge in [-0.3, -0.25) is 0 Å². The number of halogens is 5. The highest BCUT2D eigenvalue weighted by Gasteiger charge is 2.63. The van der Waals surface area contributed by atoms with Gasteiger partial charge in [-0.05, 0) is 0 Å². The fourth-order valence-electron chi connectivity index (χ4n) is 0.681. The highest BCUT2D eigenvalue weighted by molar-refractivity contribution is 5.05. The molecule has 0 spiro atoms. The molecule has 0 aromatic rings. The fourth-order valence-corrected chi connectivity index (χ4v) is 0.681. The Morgan fingerprint density at radius 3 is 1.77 bits per heavy atom. The highest BCUT2D eigenvalue weighted by Crippen LogP contribution is 2.40. The SMILES string of the molecule is C=C(N)C(OC)C(F)(F)C(F)(F)F. The molecule has 1 atom stereocenters. The standard InChI is InChI=1S/C6H8F5NO/c1-3(12)4(13-2)5(7,8)6(9,10)11/h4H,1,12H2,2H3. The summed E-state index contributed by atoms with van der Waals surface area (Å²) in [4.78, 5) is 0. The molecule has 0 rings (SSSR count). The minimum absolute atomic E-state index is 0.697. The van der Waals surface area contributed by atoms with E-state index in [2.05, 4.69) is 11.3 Å². The second-order valence-corrected chi connectivity index (χ2v) is 2.31. The van der Waals surface area contributed by atoms with Crippen LogP contribution in [-0.2, 0) is 4.74 Å². The van der Waals surface area contributed by atoms with E-state index in [1.54, 1.807) is 0 Å². The second kappa shape index (κ2) is 3.49. The van der Waals surface area contributed by atoms with Gasteiger partial charge < -0.3 is 10.5 Å². The van der Waals surface area contributed by atoms with Crippen LogP contribution in [0.15, 0.2) is 12.3 Å². The first kappa shape index (κ1) is 12.2. The summed E-state index contributed by atoms with van der Waals surface area (Å²) < 4.78 is 63.9. The smallest absolute Gasteiger partial charge is 0.400 e. The van der Waals surface area contributed by atoms with Crippen molar-refractivity contribution in [2.24, 2.45) is 5.73 Å². The lowest BCUT2D eigenvalue weighted by molar-refractivity contribution is -0.310. The maximum Gasteiger partial charge on any atom is 0.456 e. The van der Waals surface area contributed by atoms with Crippen molar-refractivity contribution in [3.8, 4) is 0 Å². The van der Waals surface area contributed by atoms with E-state index < -0.39 is 23.9 Å². The molecule has 0 aliphatic heterocycles. The van der Waals surface area contributed by atoms with Gasteiger partial charge in [0.25, 0.3) is 0 Å². The Balaban J connectivity index is 4.89. The molecule has 0 saturated carbocycles. The van der Waals surface area contributed by atoms with Gasteiger partial charge in [0.05, 0.1) is 0 Å². The monoisotopic (exact) mass is 205 g/mol. The molecule has 0 heterocycles. The Kier molecular flexibility index (Phi) is 3.26. The van der Waals surface area contributed by atoms with Crippen molar-refractivity contribution in [3.63, 3.8) is 0 Å². The number of nitrogens with two attached hydrogens (primary N) is 1. The molecule has 0 radical (unpaired) electrons. The molecule has 0 bridgehead atoms. The summed E-state index contributed by atoms with van der Waals surface area (Å²) in [6.45, 7) is 2.78. The Morgan fingerprint density at radius 2 is 1.69 bits per heavy atom. The third kappa shape index (κ3) is 2.30. The summed E-state index contributed by atoms with van der Waals surface area (Å²) in [5.74, 6) is -5.02. The molecule has 13 heavy (non-hydrogen) atoms. The van der Waals surface area contributed by atoms with E-state index in [9.17, 15) is 22.0 Å². The van der Waals surface area contributed by atoms with Gasteiger partial charge in [-0.25, -0.2) is 0 Å². The molecule has 0 fully saturated rings. The van der Waals surface area contributed by atoms with Crippen LogP contribution >= 0.6 is 0 Å². The van der Waals surface area contributed by atoms with Crippen LogP contribution in [0.25, 0.3) is 0 Å². The molecule has 0 aliphatic carbocycles. The van der Waals surface area contributed by atoms with Gasteiger partial charge in [-0.15, -0.1) is 0 Å². The molecule has 2 nitrogen and oxygen atoms in total. The molecule has 7 heteroatoms. The van der Waals surface area contributed by atoms with Crippen LogP contribution in [-0.4, -0.2) is 25.3 Å². The maximum atomic E-state index is 12.5. The maximum absolute atomic E-state index is 12.5. The van der Waals surface area contributed by atoms with Gasteiger partial charge in [0.2, 0.25) is 0 Å². The summed E-state index contributed by atoms with van der Waals surface area (Å²) in [7, 11) is 0.697. The van der Waals surface area contributed by atoms with Crippen molar-refractivity contribution < 1.29 is 26.7 Å². The molecule has 1 unspecified atom stereocenters. The number of rotatable bonds is 3. The zero-order chi connectivity index (χ0) is 10.9. The van der Waals surface area contributed by atoms with Gasteiger partial charge in [0, 0.05) is 12.8 Å². The van der Waals surface area contributed by atoms with Crippen LogP contribution in [0.3, 0.4) is 0 Å². The first-order chi connectivity index (χ1) is 5.64. The molecule has 0 saturated heterocycles. The summed E-state index contributed by atoms with van der Waals surface area (Å²) in [6.07, 6.45) is -8.25. The van der Waals surface area contributed by atoms with Gasteiger partial charge in [-0.1, -0.05) is 6.58 Å². The molecular weight excluding hydrogens is 197 g/mol. The van der Waals surface area contributed by atoms with Crippen molar-refractivity contribution in [3.05, 3.63) is 12.3 Å². The number of methoxy groups -OCH3 is 1. The zero-order valence-corrected chi connectivity index (χ0v) is 6.66. The molecule has 0 aliphatic rings. The third-order valence-corrected chi connectivity index (χ3v) is 1.28. The molecule has 2 N–H and O–H groups in total. The molecule has 0 aromatic heterocycles. The topological polar surface area (TPSA) is 35.2 Å². The van der Waals surface area contributed by atoms with Gasteiger partial charge in [0.15, 0.2) is 6.10 Å². The Hall–Kier alpha value is -0.850. The first-order valence-electron chi connectivity index (χ1n) is 3.06. The quantitative estimate of drug-likeness (QED) is 0.711. The van der Waals surface area contributed by atoms with Crippen LogP contribution < -0.4 is 5.73 Å². The van der Waals surface area contributed by atoms with Crippen LogP contribution in [0.4, 0.5) is 22.0 Å². The van der Waals surface area contributed by atoms with Crippen LogP contribution in [0.1, 0.15) is 0 Å². The lowest BCUT2D eigenvalue weighted by Gasteiger charge is -2.27. The predicted molar refractivity (Wildman–Crippen MR) is 35.1 cm³/mol. The van der Waals surface area contributed by atoms with E-state index in [4.69, 9.17) is 5.73 Å². The van der Waals surface area contributed by atoms with Crippen molar-refractivity contribution in [2.45, 2.75) is 18.2 Å². The highest BCUT2D eigenvalue weighted by atomic mass is 19.4. The van der Waals surface area contributed by atoms with E-state index in [0.717, 1.165) is 0 Å². The minimum Gasteiger partial charge on any atom is -0.400 e. The summed E-state index contributed by atoms with van der Waals surface area (Å²) in [5.41, 5.74) is 3.86. The average molecular weight is 205 g/mol. The normalized spacial score (nSPS) is 15.5. The van der Waals surface area contributed by atoms with Crippen molar-refractivity contribution in [1.29, 1.82) is 0 Å². The van der Waals surface area contributed by atoms with E-state index in [1.807, 2.05) is 0 Å². The lowest BCUT2D eigenvalue weighted by atomic mass is 10.1. The first-order valence-corrected chi connectivity index (χ1v) is 3.06. The number of alkyl halides is 5. The summed E-state index contributed by atoms with van der Waals surface area (Å²) in [6, 6.07) is 0. The van der Waals surface area contributed by atoms with Gasteiger partial charge in [0.1, 0.15) is 0 Å². The van der Waals surface area contributed by atoms with E-state index >= 15 is 0 Å². The molecular formula is C6H8F5NO. The second-order valence-electron chi connectivity index (χ2n) is 2.31. The Bertz CT molecular complexity index is 200. The predicted octanol–water partition coefficient (Wildman–Crippen LogP) is 1.67. The van der Waals surface area contributed by atoms with Crippen molar-refractivity contribution in [1.82, 2.24) is 0 Å². The Labute approximate surface area is 71.2 Å². The average Bonchev–Trinajstić information content (AvgIpc) is 1.83. The third-order valence-electron chi connectivity index (χ3n) is 1.28. The van der Waals surface area contributed by atoms with Gasteiger partial charge >= 0.3 is 12.1 Å². The van der Waals surface area contributed by atoms with E-state index in [-0.39, 0.29) is 0 Å². The largest absolute Gasteiger partial charge is 0.456 e. The summed E-state index contributed by atoms with van der Waals surface area (Å²) in [5, 5.41) is 0. The fraction of sp³-hybridized carbons (Fsp3) is 0.667. The van der Waals surface area contributed by atoms with E-state index in [0.29, 0.717) is 7.11 Å². The lowest BCUT2D eigenvalue weighted by Crippen LogP contribution is -2.49. The van der Waals surface area contributed by atoms with Crippen LogP contribution in [0.2, 0.25) is 0 Å². The molecule has 78 valence electrons. The van der Waals surface area contributed by atoms with Crippen LogP contribution in [0.5, 0.6) is 0 Å². The molecule has 0 amide bonds. The number of hydrogen-bond acceptors (Lipinski definition) is 2. The zero-order valence-electron chi connectivity index (χ0n) is 6.66. The number of ether oxygens (including phenoxy) is 1. The van der Waals surface area contributed by atoms with Crippen molar-refractivity contribution in [2.75, 3.05) is 7.11 Å².